The number of H-pyrrole nitrogens is 1. The van der Waals surface area contributed by atoms with Crippen LogP contribution in [0.4, 0.5) is 11.4 Å². The van der Waals surface area contributed by atoms with Crippen molar-refractivity contribution < 1.29 is 14.3 Å². The zero-order valence-corrected chi connectivity index (χ0v) is 21.7. The predicted octanol–water partition coefficient (Wildman–Crippen LogP) is 5.86. The summed E-state index contributed by atoms with van der Waals surface area (Å²) in [4.78, 5) is 14.1. The monoisotopic (exact) mass is 514 g/mol. The fourth-order valence-electron chi connectivity index (χ4n) is 4.54. The third-order valence-electron chi connectivity index (χ3n) is 6.38. The molecule has 0 saturated heterocycles. The number of carbonyl (C=O) groups excluding carboxylic acids is 1. The lowest BCUT2D eigenvalue weighted by atomic mass is 9.81. The van der Waals surface area contributed by atoms with Crippen LogP contribution in [-0.2, 0) is 17.6 Å². The van der Waals surface area contributed by atoms with Gasteiger partial charge in [-0.25, -0.2) is 0 Å². The van der Waals surface area contributed by atoms with Crippen molar-refractivity contribution >= 4 is 40.5 Å². The van der Waals surface area contributed by atoms with Crippen LogP contribution in [0.3, 0.4) is 0 Å². The van der Waals surface area contributed by atoms with Gasteiger partial charge in [-0.1, -0.05) is 29.8 Å². The second kappa shape index (κ2) is 10.2. The molecule has 0 radical (unpaired) electrons. The van der Waals surface area contributed by atoms with Gasteiger partial charge >= 0.3 is 0 Å². The third kappa shape index (κ3) is 4.70. The molecule has 0 fully saturated rings. The lowest BCUT2D eigenvalue weighted by Crippen LogP contribution is -2.15. The van der Waals surface area contributed by atoms with Gasteiger partial charge in [-0.3, -0.25) is 9.89 Å². The molecule has 9 heteroatoms. The number of ether oxygens (including phenoxy) is 2. The van der Waals surface area contributed by atoms with E-state index >= 15 is 0 Å². The first-order chi connectivity index (χ1) is 16.8. The van der Waals surface area contributed by atoms with E-state index in [1.54, 1.807) is 20.3 Å². The predicted molar refractivity (Wildman–Crippen MR) is 142 cm³/mol. The summed E-state index contributed by atoms with van der Waals surface area (Å²) in [5.41, 5.74) is 6.28. The maximum atomic E-state index is 12.1. The van der Waals surface area contributed by atoms with Crippen molar-refractivity contribution in [1.82, 2.24) is 10.2 Å². The molecule has 1 heterocycles. The molecule has 7 nitrogen and oxygen atoms in total. The van der Waals surface area contributed by atoms with E-state index < -0.39 is 0 Å². The number of aromatic nitrogens is 2. The highest BCUT2D eigenvalue weighted by molar-refractivity contribution is 6.38. The number of methoxy groups -OCH3 is 2. The van der Waals surface area contributed by atoms with E-state index in [1.807, 2.05) is 37.2 Å². The van der Waals surface area contributed by atoms with Crippen LogP contribution >= 0.6 is 23.2 Å². The highest BCUT2D eigenvalue weighted by atomic mass is 35.5. The van der Waals surface area contributed by atoms with Crippen LogP contribution in [0, 0.1) is 0 Å². The van der Waals surface area contributed by atoms with Gasteiger partial charge in [0.25, 0.3) is 0 Å². The lowest BCUT2D eigenvalue weighted by Gasteiger charge is -2.26. The van der Waals surface area contributed by atoms with E-state index in [2.05, 4.69) is 22.1 Å². The summed E-state index contributed by atoms with van der Waals surface area (Å²) < 4.78 is 10.9. The van der Waals surface area contributed by atoms with Crippen LogP contribution in [0.2, 0.25) is 10.0 Å². The molecule has 3 aromatic rings. The van der Waals surface area contributed by atoms with Gasteiger partial charge in [-0.05, 0) is 49.5 Å². The number of amides is 1. The fraction of sp³-hybridized carbons (Fsp3) is 0.308. The first-order valence-electron chi connectivity index (χ1n) is 11.2. The Morgan fingerprint density at radius 1 is 1.20 bits per heavy atom. The van der Waals surface area contributed by atoms with Crippen molar-refractivity contribution in [2.24, 2.45) is 0 Å². The summed E-state index contributed by atoms with van der Waals surface area (Å²) in [6.45, 7) is 3.57. The Kier molecular flexibility index (Phi) is 7.28. The van der Waals surface area contributed by atoms with Crippen molar-refractivity contribution in [2.45, 2.75) is 25.2 Å². The van der Waals surface area contributed by atoms with Crippen molar-refractivity contribution in [1.29, 1.82) is 0 Å². The van der Waals surface area contributed by atoms with E-state index in [-0.39, 0.29) is 11.8 Å². The molecule has 184 valence electrons. The largest absolute Gasteiger partial charge is 0.495 e. The van der Waals surface area contributed by atoms with Crippen LogP contribution in [0.15, 0.2) is 36.9 Å². The SMILES string of the molecule is C=CC(=O)Nc1cc(N(C)C)ccc1-c1n[nH]c2c1CC[C@@H](c1c(Cl)c(OC)cc(OC)c1Cl)C2. The third-order valence-corrected chi connectivity index (χ3v) is 7.16. The normalized spacial score (nSPS) is 14.7. The number of aromatic amines is 1. The Morgan fingerprint density at radius 2 is 1.89 bits per heavy atom. The zero-order chi connectivity index (χ0) is 25.3. The molecular weight excluding hydrogens is 487 g/mol. The van der Waals surface area contributed by atoms with Gasteiger partial charge in [0.15, 0.2) is 0 Å². The van der Waals surface area contributed by atoms with E-state index in [9.17, 15) is 4.79 Å². The van der Waals surface area contributed by atoms with Gasteiger partial charge in [0.05, 0.1) is 35.6 Å². The van der Waals surface area contributed by atoms with E-state index in [1.165, 1.54) is 6.08 Å². The standard InChI is InChI=1S/C26H28Cl2N4O3/c1-6-22(33)29-18-12-15(32(2)3)8-10-16(18)26-17-9-7-14(11-19(17)30-31-26)23-24(27)20(34-4)13-21(35-5)25(23)28/h6,8,10,12-14H,1,7,9,11H2,2-5H3,(H,29,33)(H,30,31)/t14-/m1/s1. The molecule has 0 aliphatic heterocycles. The number of nitrogens with zero attached hydrogens (tertiary/aromatic N) is 2. The van der Waals surface area contributed by atoms with Crippen LogP contribution in [0.25, 0.3) is 11.3 Å². The van der Waals surface area contributed by atoms with Crippen LogP contribution < -0.4 is 19.7 Å². The molecule has 1 aromatic heterocycles. The number of carbonyl (C=O) groups is 1. The summed E-state index contributed by atoms with van der Waals surface area (Å²) >= 11 is 13.4. The van der Waals surface area contributed by atoms with Gasteiger partial charge in [-0.15, -0.1) is 0 Å². The molecule has 1 amide bonds. The van der Waals surface area contributed by atoms with Crippen molar-refractivity contribution in [3.05, 3.63) is 63.8 Å². The number of halogens is 2. The Morgan fingerprint density at radius 3 is 2.49 bits per heavy atom. The molecule has 4 rings (SSSR count). The number of nitrogens with one attached hydrogen (secondary N) is 2. The van der Waals surface area contributed by atoms with Gasteiger partial charge in [-0.2, -0.15) is 5.10 Å². The van der Waals surface area contributed by atoms with Crippen molar-refractivity contribution in [3.63, 3.8) is 0 Å². The Labute approximate surface area is 215 Å². The minimum atomic E-state index is -0.275. The topological polar surface area (TPSA) is 79.5 Å². The molecule has 0 unspecified atom stereocenters. The lowest BCUT2D eigenvalue weighted by molar-refractivity contribution is -0.111. The Bertz CT molecular complexity index is 1260. The first-order valence-corrected chi connectivity index (χ1v) is 12.0. The number of benzene rings is 2. The van der Waals surface area contributed by atoms with E-state index in [0.29, 0.717) is 33.7 Å². The first kappa shape index (κ1) is 24.9. The summed E-state index contributed by atoms with van der Waals surface area (Å²) in [5, 5.41) is 11.8. The molecule has 1 aliphatic rings. The summed E-state index contributed by atoms with van der Waals surface area (Å²) in [7, 11) is 7.05. The average Bonchev–Trinajstić information content (AvgIpc) is 3.27. The van der Waals surface area contributed by atoms with E-state index in [0.717, 1.165) is 46.6 Å². The van der Waals surface area contributed by atoms with Gasteiger partial charge in [0, 0.05) is 48.2 Å². The molecule has 0 spiro atoms. The van der Waals surface area contributed by atoms with Crippen molar-refractivity contribution in [3.8, 4) is 22.8 Å². The molecule has 0 bridgehead atoms. The number of hydrogen-bond donors (Lipinski definition) is 2. The molecule has 2 N–H and O–H groups in total. The fourth-order valence-corrected chi connectivity index (χ4v) is 5.35. The smallest absolute Gasteiger partial charge is 0.247 e. The zero-order valence-electron chi connectivity index (χ0n) is 20.2. The second-order valence-corrected chi connectivity index (χ2v) is 9.37. The number of anilines is 2. The number of hydrogen-bond acceptors (Lipinski definition) is 5. The van der Waals surface area contributed by atoms with Crippen LogP contribution in [0.1, 0.15) is 29.2 Å². The molecule has 2 aromatic carbocycles. The van der Waals surface area contributed by atoms with Crippen LogP contribution in [-0.4, -0.2) is 44.4 Å². The minimum Gasteiger partial charge on any atom is -0.495 e. The Hall–Kier alpha value is -3.16. The van der Waals surface area contributed by atoms with Gasteiger partial charge < -0.3 is 19.7 Å². The highest BCUT2D eigenvalue weighted by Crippen LogP contribution is 2.48. The van der Waals surface area contributed by atoms with E-state index in [4.69, 9.17) is 32.7 Å². The maximum Gasteiger partial charge on any atom is 0.247 e. The summed E-state index contributed by atoms with van der Waals surface area (Å²) in [6, 6.07) is 7.63. The quantitative estimate of drug-likeness (QED) is 0.385. The Balaban J connectivity index is 1.72. The molecule has 1 aliphatic carbocycles. The minimum absolute atomic E-state index is 0.0656. The summed E-state index contributed by atoms with van der Waals surface area (Å²) in [6.07, 6.45) is 3.52. The van der Waals surface area contributed by atoms with Crippen LogP contribution in [0.5, 0.6) is 11.5 Å². The maximum absolute atomic E-state index is 12.1. The molecular formula is C26H28Cl2N4O3. The van der Waals surface area contributed by atoms with Crippen molar-refractivity contribution in [2.75, 3.05) is 38.5 Å². The molecule has 35 heavy (non-hydrogen) atoms. The summed E-state index contributed by atoms with van der Waals surface area (Å²) in [5.74, 6) is 0.851. The average molecular weight is 515 g/mol. The molecule has 0 saturated carbocycles. The molecule has 1 atom stereocenters. The van der Waals surface area contributed by atoms with Gasteiger partial charge in [0.1, 0.15) is 11.5 Å². The number of fused-ring (bicyclic) bond motifs is 1. The number of rotatable bonds is 7. The highest BCUT2D eigenvalue weighted by Gasteiger charge is 2.31. The van der Waals surface area contributed by atoms with Gasteiger partial charge in [0.2, 0.25) is 5.91 Å². The second-order valence-electron chi connectivity index (χ2n) is 8.61.